The number of nitrogens with one attached hydrogen (secondary N) is 1. The van der Waals surface area contributed by atoms with E-state index in [-0.39, 0.29) is 0 Å². The van der Waals surface area contributed by atoms with Crippen molar-refractivity contribution in [1.82, 2.24) is 19.5 Å². The number of ether oxygens (including phenoxy) is 1. The van der Waals surface area contributed by atoms with Crippen molar-refractivity contribution in [2.24, 2.45) is 0 Å². The Labute approximate surface area is 106 Å². The molecule has 3 rings (SSSR count). The summed E-state index contributed by atoms with van der Waals surface area (Å²) in [6, 6.07) is 5.85. The molecular formula is C12H17N5O. The summed E-state index contributed by atoms with van der Waals surface area (Å²) in [6.07, 6.45) is 1.90. The van der Waals surface area contributed by atoms with Gasteiger partial charge in [-0.05, 0) is 12.1 Å². The van der Waals surface area contributed by atoms with E-state index in [0.717, 1.165) is 45.0 Å². The third kappa shape index (κ3) is 2.60. The van der Waals surface area contributed by atoms with Gasteiger partial charge < -0.3 is 10.1 Å². The lowest BCUT2D eigenvalue weighted by atomic mass is 10.4. The lowest BCUT2D eigenvalue weighted by molar-refractivity contribution is 0.0398. The molecule has 2 aromatic heterocycles. The molecule has 0 saturated carbocycles. The summed E-state index contributed by atoms with van der Waals surface area (Å²) in [4.78, 5) is 6.77. The summed E-state index contributed by atoms with van der Waals surface area (Å²) in [5.74, 6) is 0.689. The van der Waals surface area contributed by atoms with Crippen LogP contribution < -0.4 is 5.32 Å². The van der Waals surface area contributed by atoms with Crippen molar-refractivity contribution in [3.05, 3.63) is 24.4 Å². The number of fused-ring (bicyclic) bond motifs is 1. The van der Waals surface area contributed by atoms with Crippen LogP contribution in [0.25, 0.3) is 5.65 Å². The highest BCUT2D eigenvalue weighted by molar-refractivity contribution is 5.42. The molecule has 6 nitrogen and oxygen atoms in total. The maximum Gasteiger partial charge on any atom is 0.243 e. The van der Waals surface area contributed by atoms with Gasteiger partial charge in [0, 0.05) is 32.4 Å². The zero-order valence-corrected chi connectivity index (χ0v) is 10.2. The second-order valence-electron chi connectivity index (χ2n) is 4.32. The summed E-state index contributed by atoms with van der Waals surface area (Å²) in [7, 11) is 0. The molecule has 1 aliphatic heterocycles. The molecular weight excluding hydrogens is 230 g/mol. The van der Waals surface area contributed by atoms with Crippen molar-refractivity contribution in [2.75, 3.05) is 44.7 Å². The molecule has 0 aliphatic carbocycles. The van der Waals surface area contributed by atoms with Gasteiger partial charge in [0.1, 0.15) is 0 Å². The molecule has 6 heteroatoms. The molecule has 2 aromatic rings. The zero-order valence-electron chi connectivity index (χ0n) is 10.2. The first-order chi connectivity index (χ1) is 8.92. The van der Waals surface area contributed by atoms with Crippen LogP contribution in [0.5, 0.6) is 0 Å². The van der Waals surface area contributed by atoms with Crippen molar-refractivity contribution in [3.63, 3.8) is 0 Å². The molecule has 1 fully saturated rings. The molecule has 96 valence electrons. The average molecular weight is 247 g/mol. The highest BCUT2D eigenvalue weighted by Crippen LogP contribution is 2.04. The van der Waals surface area contributed by atoms with Gasteiger partial charge in [-0.2, -0.15) is 4.98 Å². The number of anilines is 1. The molecule has 0 spiro atoms. The smallest absolute Gasteiger partial charge is 0.243 e. The number of pyridine rings is 1. The third-order valence-corrected chi connectivity index (χ3v) is 3.06. The normalized spacial score (nSPS) is 17.1. The van der Waals surface area contributed by atoms with E-state index in [1.807, 2.05) is 24.4 Å². The summed E-state index contributed by atoms with van der Waals surface area (Å²) >= 11 is 0. The van der Waals surface area contributed by atoms with E-state index < -0.39 is 0 Å². The van der Waals surface area contributed by atoms with Crippen LogP contribution >= 0.6 is 0 Å². The first-order valence-corrected chi connectivity index (χ1v) is 6.27. The van der Waals surface area contributed by atoms with E-state index >= 15 is 0 Å². The van der Waals surface area contributed by atoms with Gasteiger partial charge in [-0.25, -0.2) is 4.52 Å². The Morgan fingerprint density at radius 1 is 1.28 bits per heavy atom. The zero-order chi connectivity index (χ0) is 12.2. The van der Waals surface area contributed by atoms with E-state index in [2.05, 4.69) is 20.3 Å². The van der Waals surface area contributed by atoms with Gasteiger partial charge in [-0.15, -0.1) is 5.10 Å². The van der Waals surface area contributed by atoms with Crippen LogP contribution in [-0.2, 0) is 4.74 Å². The maximum atomic E-state index is 5.31. The van der Waals surface area contributed by atoms with Crippen molar-refractivity contribution < 1.29 is 4.74 Å². The number of nitrogens with zero attached hydrogens (tertiary/aromatic N) is 4. The Kier molecular flexibility index (Phi) is 3.38. The standard InChI is InChI=1S/C12H17N5O/c1-2-5-17-11(3-1)14-12(15-17)13-4-6-16-7-9-18-10-8-16/h1-3,5H,4,6-10H2,(H,13,15). The quantitative estimate of drug-likeness (QED) is 0.851. The molecule has 1 N–H and O–H groups in total. The highest BCUT2D eigenvalue weighted by atomic mass is 16.5. The predicted molar refractivity (Wildman–Crippen MR) is 68.7 cm³/mol. The Balaban J connectivity index is 1.53. The molecule has 0 amide bonds. The maximum absolute atomic E-state index is 5.31. The number of hydrogen-bond acceptors (Lipinski definition) is 5. The number of morpholine rings is 1. The molecule has 0 aromatic carbocycles. The molecule has 18 heavy (non-hydrogen) atoms. The monoisotopic (exact) mass is 247 g/mol. The van der Waals surface area contributed by atoms with Crippen molar-refractivity contribution in [1.29, 1.82) is 0 Å². The fourth-order valence-electron chi connectivity index (χ4n) is 2.06. The van der Waals surface area contributed by atoms with Gasteiger partial charge >= 0.3 is 0 Å². The van der Waals surface area contributed by atoms with Crippen LogP contribution in [0.2, 0.25) is 0 Å². The minimum atomic E-state index is 0.689. The van der Waals surface area contributed by atoms with Crippen LogP contribution in [0.3, 0.4) is 0 Å². The van der Waals surface area contributed by atoms with Gasteiger partial charge in [-0.1, -0.05) is 6.07 Å². The van der Waals surface area contributed by atoms with Gasteiger partial charge in [0.05, 0.1) is 13.2 Å². The van der Waals surface area contributed by atoms with Gasteiger partial charge in [-0.3, -0.25) is 4.90 Å². The van der Waals surface area contributed by atoms with Crippen molar-refractivity contribution in [2.45, 2.75) is 0 Å². The van der Waals surface area contributed by atoms with E-state index in [1.54, 1.807) is 4.52 Å². The number of aromatic nitrogens is 3. The highest BCUT2D eigenvalue weighted by Gasteiger charge is 2.09. The van der Waals surface area contributed by atoms with Crippen LogP contribution in [-0.4, -0.2) is 58.9 Å². The third-order valence-electron chi connectivity index (χ3n) is 3.06. The van der Waals surface area contributed by atoms with Crippen molar-refractivity contribution >= 4 is 11.6 Å². The lowest BCUT2D eigenvalue weighted by Crippen LogP contribution is -2.39. The molecule has 1 saturated heterocycles. The summed E-state index contributed by atoms with van der Waals surface area (Å²) < 4.78 is 7.09. The number of hydrogen-bond donors (Lipinski definition) is 1. The van der Waals surface area contributed by atoms with Crippen LogP contribution in [0.1, 0.15) is 0 Å². The molecule has 0 bridgehead atoms. The van der Waals surface area contributed by atoms with E-state index in [4.69, 9.17) is 4.74 Å². The average Bonchev–Trinajstić information content (AvgIpc) is 2.82. The van der Waals surface area contributed by atoms with Gasteiger partial charge in [0.25, 0.3) is 0 Å². The van der Waals surface area contributed by atoms with Crippen LogP contribution in [0.15, 0.2) is 24.4 Å². The predicted octanol–water partition coefficient (Wildman–Crippen LogP) is 0.473. The second kappa shape index (κ2) is 5.32. The first-order valence-electron chi connectivity index (χ1n) is 6.27. The topological polar surface area (TPSA) is 54.7 Å². The largest absolute Gasteiger partial charge is 0.379 e. The van der Waals surface area contributed by atoms with E-state index in [0.29, 0.717) is 5.95 Å². The molecule has 0 radical (unpaired) electrons. The Morgan fingerprint density at radius 2 is 2.17 bits per heavy atom. The first kappa shape index (κ1) is 11.4. The van der Waals surface area contributed by atoms with Crippen molar-refractivity contribution in [3.8, 4) is 0 Å². The minimum absolute atomic E-state index is 0.689. The van der Waals surface area contributed by atoms with Gasteiger partial charge in [0.15, 0.2) is 5.65 Å². The summed E-state index contributed by atoms with van der Waals surface area (Å²) in [6.45, 7) is 5.57. The second-order valence-corrected chi connectivity index (χ2v) is 4.32. The lowest BCUT2D eigenvalue weighted by Gasteiger charge is -2.26. The minimum Gasteiger partial charge on any atom is -0.379 e. The number of rotatable bonds is 4. The van der Waals surface area contributed by atoms with E-state index in [1.165, 1.54) is 0 Å². The molecule has 3 heterocycles. The van der Waals surface area contributed by atoms with Gasteiger partial charge in [0.2, 0.25) is 5.95 Å². The Hall–Kier alpha value is -1.66. The molecule has 0 atom stereocenters. The summed E-state index contributed by atoms with van der Waals surface area (Å²) in [5.41, 5.74) is 0.867. The summed E-state index contributed by atoms with van der Waals surface area (Å²) in [5, 5.41) is 7.60. The fraction of sp³-hybridized carbons (Fsp3) is 0.500. The SMILES string of the molecule is c1ccn2nc(NCCN3CCOCC3)nc2c1. The molecule has 0 unspecified atom stereocenters. The Bertz CT molecular complexity index is 473. The molecule has 1 aliphatic rings. The van der Waals surface area contributed by atoms with Crippen LogP contribution in [0, 0.1) is 0 Å². The van der Waals surface area contributed by atoms with Crippen LogP contribution in [0.4, 0.5) is 5.95 Å². The van der Waals surface area contributed by atoms with E-state index in [9.17, 15) is 0 Å². The Morgan fingerprint density at radius 3 is 3.00 bits per heavy atom. The fourth-order valence-corrected chi connectivity index (χ4v) is 2.06.